The first-order valence-corrected chi connectivity index (χ1v) is 10.7. The standard InChI is InChI=1S/C23H34N6O/c1-5-28(6-2)22-12-11-18(15-25-22)16-26-23(24-3)27-19-13-14-29(17-19)20-9-7-8-10-21(20)30-4/h7-12,15,19H,5-6,13-14,16-17H2,1-4H3,(H2,24,26,27). The number of anilines is 2. The number of nitrogens with one attached hydrogen (secondary N) is 2. The molecule has 0 amide bonds. The number of rotatable bonds is 8. The zero-order valence-electron chi connectivity index (χ0n) is 18.6. The molecular formula is C23H34N6O. The van der Waals surface area contributed by atoms with E-state index in [2.05, 4.69) is 68.5 Å². The van der Waals surface area contributed by atoms with Crippen LogP contribution >= 0.6 is 0 Å². The van der Waals surface area contributed by atoms with Crippen LogP contribution in [0.5, 0.6) is 5.75 Å². The minimum atomic E-state index is 0.337. The van der Waals surface area contributed by atoms with Gasteiger partial charge in [-0.2, -0.15) is 0 Å². The average molecular weight is 411 g/mol. The highest BCUT2D eigenvalue weighted by atomic mass is 16.5. The fourth-order valence-electron chi connectivity index (χ4n) is 3.82. The minimum Gasteiger partial charge on any atom is -0.495 e. The summed E-state index contributed by atoms with van der Waals surface area (Å²) in [5, 5.41) is 6.96. The van der Waals surface area contributed by atoms with E-state index >= 15 is 0 Å². The van der Waals surface area contributed by atoms with Crippen molar-refractivity contribution in [1.82, 2.24) is 15.6 Å². The van der Waals surface area contributed by atoms with Gasteiger partial charge in [0.2, 0.25) is 0 Å². The lowest BCUT2D eigenvalue weighted by Gasteiger charge is -2.22. The van der Waals surface area contributed by atoms with E-state index in [-0.39, 0.29) is 0 Å². The number of hydrogen-bond donors (Lipinski definition) is 2. The summed E-state index contributed by atoms with van der Waals surface area (Å²) in [4.78, 5) is 13.6. The Morgan fingerprint density at radius 1 is 1.23 bits per heavy atom. The van der Waals surface area contributed by atoms with Gasteiger partial charge in [0.1, 0.15) is 11.6 Å². The maximum absolute atomic E-state index is 5.51. The van der Waals surface area contributed by atoms with Crippen LogP contribution in [0.25, 0.3) is 0 Å². The van der Waals surface area contributed by atoms with Crippen molar-refractivity contribution in [2.24, 2.45) is 4.99 Å². The molecule has 2 N–H and O–H groups in total. The third kappa shape index (κ3) is 5.34. The molecule has 2 aromatic rings. The molecule has 1 aromatic carbocycles. The van der Waals surface area contributed by atoms with Crippen molar-refractivity contribution in [2.75, 3.05) is 50.1 Å². The van der Waals surface area contributed by atoms with Crippen LogP contribution in [0, 0.1) is 0 Å². The van der Waals surface area contributed by atoms with Gasteiger partial charge in [0.25, 0.3) is 0 Å². The van der Waals surface area contributed by atoms with Crippen LogP contribution in [0.2, 0.25) is 0 Å². The molecule has 1 atom stereocenters. The van der Waals surface area contributed by atoms with E-state index in [4.69, 9.17) is 4.74 Å². The van der Waals surface area contributed by atoms with Gasteiger partial charge in [-0.05, 0) is 44.0 Å². The molecule has 1 fully saturated rings. The molecule has 1 aromatic heterocycles. The first-order chi connectivity index (χ1) is 14.7. The quantitative estimate of drug-likeness (QED) is 0.515. The Balaban J connectivity index is 1.52. The molecule has 1 aliphatic rings. The highest BCUT2D eigenvalue weighted by Crippen LogP contribution is 2.30. The highest BCUT2D eigenvalue weighted by Gasteiger charge is 2.25. The number of methoxy groups -OCH3 is 1. The molecule has 3 rings (SSSR count). The van der Waals surface area contributed by atoms with Crippen LogP contribution in [-0.2, 0) is 6.54 Å². The van der Waals surface area contributed by atoms with Crippen molar-refractivity contribution < 1.29 is 4.74 Å². The number of aromatic nitrogens is 1. The first kappa shape index (κ1) is 21.7. The summed E-state index contributed by atoms with van der Waals surface area (Å²) in [5.41, 5.74) is 2.28. The number of aliphatic imine (C=N–C) groups is 1. The Bertz CT molecular complexity index is 819. The maximum Gasteiger partial charge on any atom is 0.191 e. The molecule has 0 radical (unpaired) electrons. The van der Waals surface area contributed by atoms with Crippen LogP contribution in [0.1, 0.15) is 25.8 Å². The van der Waals surface area contributed by atoms with Crippen molar-refractivity contribution in [3.05, 3.63) is 48.2 Å². The Labute approximate surface area is 180 Å². The fourth-order valence-corrected chi connectivity index (χ4v) is 3.82. The average Bonchev–Trinajstić information content (AvgIpc) is 3.26. The number of hydrogen-bond acceptors (Lipinski definition) is 5. The van der Waals surface area contributed by atoms with Gasteiger partial charge in [-0.1, -0.05) is 18.2 Å². The van der Waals surface area contributed by atoms with Crippen LogP contribution in [0.15, 0.2) is 47.6 Å². The van der Waals surface area contributed by atoms with Crippen molar-refractivity contribution in [2.45, 2.75) is 32.9 Å². The van der Waals surface area contributed by atoms with E-state index in [0.29, 0.717) is 12.6 Å². The van der Waals surface area contributed by atoms with Crippen molar-refractivity contribution in [1.29, 1.82) is 0 Å². The van der Waals surface area contributed by atoms with Gasteiger partial charge >= 0.3 is 0 Å². The minimum absolute atomic E-state index is 0.337. The summed E-state index contributed by atoms with van der Waals surface area (Å²) < 4.78 is 5.51. The number of pyridine rings is 1. The first-order valence-electron chi connectivity index (χ1n) is 10.7. The zero-order valence-corrected chi connectivity index (χ0v) is 18.6. The Hall–Kier alpha value is -2.96. The number of nitrogens with zero attached hydrogens (tertiary/aromatic N) is 4. The van der Waals surface area contributed by atoms with Crippen LogP contribution in [0.3, 0.4) is 0 Å². The van der Waals surface area contributed by atoms with Crippen molar-refractivity contribution in [3.8, 4) is 5.75 Å². The molecule has 7 nitrogen and oxygen atoms in total. The molecular weight excluding hydrogens is 376 g/mol. The molecule has 1 unspecified atom stereocenters. The molecule has 2 heterocycles. The summed E-state index contributed by atoms with van der Waals surface area (Å²) in [6.07, 6.45) is 2.99. The molecule has 30 heavy (non-hydrogen) atoms. The van der Waals surface area contributed by atoms with Crippen molar-refractivity contribution >= 4 is 17.5 Å². The summed E-state index contributed by atoms with van der Waals surface area (Å²) in [5.74, 6) is 2.75. The van der Waals surface area contributed by atoms with E-state index in [1.54, 1.807) is 7.11 Å². The molecule has 0 aliphatic carbocycles. The second-order valence-corrected chi connectivity index (χ2v) is 7.37. The number of para-hydroxylation sites is 2. The Morgan fingerprint density at radius 3 is 2.70 bits per heavy atom. The summed E-state index contributed by atoms with van der Waals surface area (Å²) >= 11 is 0. The van der Waals surface area contributed by atoms with E-state index in [1.807, 2.05) is 25.4 Å². The van der Waals surface area contributed by atoms with E-state index in [9.17, 15) is 0 Å². The van der Waals surface area contributed by atoms with Gasteiger partial charge in [0.05, 0.1) is 12.8 Å². The number of benzene rings is 1. The molecule has 0 bridgehead atoms. The SMILES string of the molecule is CCN(CC)c1ccc(CNC(=NC)NC2CCN(c3ccccc3OC)C2)cn1. The zero-order chi connectivity index (χ0) is 21.3. The molecule has 0 saturated carbocycles. The second kappa shape index (κ2) is 10.7. The topological polar surface area (TPSA) is 65.0 Å². The largest absolute Gasteiger partial charge is 0.495 e. The van der Waals surface area contributed by atoms with Gasteiger partial charge in [0.15, 0.2) is 5.96 Å². The lowest BCUT2D eigenvalue weighted by atomic mass is 10.2. The predicted octanol–water partition coefficient (Wildman–Crippen LogP) is 2.88. The molecule has 162 valence electrons. The molecule has 1 saturated heterocycles. The smallest absolute Gasteiger partial charge is 0.191 e. The van der Waals surface area contributed by atoms with Gasteiger partial charge < -0.3 is 25.2 Å². The van der Waals surface area contributed by atoms with E-state index in [0.717, 1.165) is 61.4 Å². The summed E-state index contributed by atoms with van der Waals surface area (Å²) in [6, 6.07) is 12.7. The van der Waals surface area contributed by atoms with Crippen LogP contribution < -0.4 is 25.2 Å². The third-order valence-corrected chi connectivity index (χ3v) is 5.54. The van der Waals surface area contributed by atoms with Crippen LogP contribution in [0.4, 0.5) is 11.5 Å². The predicted molar refractivity (Wildman–Crippen MR) is 125 cm³/mol. The van der Waals surface area contributed by atoms with Crippen molar-refractivity contribution in [3.63, 3.8) is 0 Å². The lowest BCUT2D eigenvalue weighted by Crippen LogP contribution is -2.44. The molecule has 0 spiro atoms. The second-order valence-electron chi connectivity index (χ2n) is 7.37. The Morgan fingerprint density at radius 2 is 2.03 bits per heavy atom. The number of guanidine groups is 1. The van der Waals surface area contributed by atoms with Gasteiger partial charge in [0, 0.05) is 52.0 Å². The highest BCUT2D eigenvalue weighted by molar-refractivity contribution is 5.80. The monoisotopic (exact) mass is 410 g/mol. The van der Waals surface area contributed by atoms with Gasteiger partial charge in [-0.25, -0.2) is 4.98 Å². The molecule has 1 aliphatic heterocycles. The summed E-state index contributed by atoms with van der Waals surface area (Å²) in [7, 11) is 3.53. The van der Waals surface area contributed by atoms with Gasteiger partial charge in [-0.15, -0.1) is 0 Å². The van der Waals surface area contributed by atoms with Crippen LogP contribution in [-0.4, -0.2) is 57.3 Å². The third-order valence-electron chi connectivity index (χ3n) is 5.54. The number of ether oxygens (including phenoxy) is 1. The normalized spacial score (nSPS) is 16.5. The Kier molecular flexibility index (Phi) is 7.76. The van der Waals surface area contributed by atoms with E-state index < -0.39 is 0 Å². The summed E-state index contributed by atoms with van der Waals surface area (Å²) in [6.45, 7) is 8.82. The lowest BCUT2D eigenvalue weighted by molar-refractivity contribution is 0.415. The maximum atomic E-state index is 5.51. The fraction of sp³-hybridized carbons (Fsp3) is 0.478. The molecule has 7 heteroatoms. The van der Waals surface area contributed by atoms with Gasteiger partial charge in [-0.3, -0.25) is 4.99 Å². The van der Waals surface area contributed by atoms with E-state index in [1.165, 1.54) is 0 Å².